The van der Waals surface area contributed by atoms with E-state index in [1.54, 1.807) is 12.1 Å². The molecule has 0 saturated heterocycles. The van der Waals surface area contributed by atoms with E-state index in [-0.39, 0.29) is 17.0 Å². The van der Waals surface area contributed by atoms with Crippen LogP contribution in [0.15, 0.2) is 42.5 Å². The van der Waals surface area contributed by atoms with Crippen molar-refractivity contribution in [1.82, 2.24) is 5.32 Å². The van der Waals surface area contributed by atoms with Crippen LogP contribution in [0.3, 0.4) is 0 Å². The molecule has 0 saturated carbocycles. The van der Waals surface area contributed by atoms with Gasteiger partial charge in [-0.1, -0.05) is 41.4 Å². The van der Waals surface area contributed by atoms with Crippen molar-refractivity contribution < 1.29 is 32.6 Å². The number of methoxy groups -OCH3 is 1. The fourth-order valence-electron chi connectivity index (χ4n) is 2.50. The van der Waals surface area contributed by atoms with Crippen molar-refractivity contribution >= 4 is 35.1 Å². The lowest BCUT2D eigenvalue weighted by Crippen LogP contribution is -2.45. The van der Waals surface area contributed by atoms with Gasteiger partial charge in [0.15, 0.2) is 6.10 Å². The zero-order valence-corrected chi connectivity index (χ0v) is 16.5. The molecule has 156 valence electrons. The van der Waals surface area contributed by atoms with Crippen LogP contribution in [-0.4, -0.2) is 30.1 Å². The highest BCUT2D eigenvalue weighted by molar-refractivity contribution is 6.35. The van der Waals surface area contributed by atoms with Crippen molar-refractivity contribution in [1.29, 1.82) is 0 Å². The lowest BCUT2D eigenvalue weighted by Gasteiger charge is -2.20. The molecule has 0 aliphatic rings. The Kier molecular flexibility index (Phi) is 7.51. The van der Waals surface area contributed by atoms with Gasteiger partial charge in [0.2, 0.25) is 0 Å². The summed E-state index contributed by atoms with van der Waals surface area (Å²) in [5, 5.41) is 13.1. The molecule has 0 aliphatic carbocycles. The predicted molar refractivity (Wildman–Crippen MR) is 101 cm³/mol. The summed E-state index contributed by atoms with van der Waals surface area (Å²) >= 11 is 11.9. The highest BCUT2D eigenvalue weighted by atomic mass is 35.5. The number of alkyl halides is 3. The van der Waals surface area contributed by atoms with Gasteiger partial charge in [0.1, 0.15) is 6.04 Å². The normalized spacial score (nSPS) is 13.5. The number of amides is 1. The summed E-state index contributed by atoms with van der Waals surface area (Å²) in [6.07, 6.45) is -6.38. The first kappa shape index (κ1) is 23.0. The Morgan fingerprint density at radius 3 is 2.28 bits per heavy atom. The quantitative estimate of drug-likeness (QED) is 0.654. The van der Waals surface area contributed by atoms with E-state index in [1.165, 1.54) is 6.07 Å². The van der Waals surface area contributed by atoms with Crippen molar-refractivity contribution in [3.63, 3.8) is 0 Å². The molecule has 0 unspecified atom stereocenters. The van der Waals surface area contributed by atoms with Crippen LogP contribution in [0.25, 0.3) is 0 Å². The standard InChI is InChI=1S/C19H16Cl2F3NO4/c1-29-18(28)15(8-11-4-7-13(20)9-14(11)21)25-17(27)16(26)10-2-5-12(6-3-10)19(22,23)24/h2-7,9,15-16,26H,8H2,1H3,(H,25,27)/t15-,16+/m1/s1. The molecule has 29 heavy (non-hydrogen) atoms. The maximum absolute atomic E-state index is 12.6. The topological polar surface area (TPSA) is 75.6 Å². The van der Waals surface area contributed by atoms with Crippen LogP contribution in [0.4, 0.5) is 13.2 Å². The van der Waals surface area contributed by atoms with Gasteiger partial charge in [-0.25, -0.2) is 4.79 Å². The van der Waals surface area contributed by atoms with Gasteiger partial charge in [-0.15, -0.1) is 0 Å². The van der Waals surface area contributed by atoms with Gasteiger partial charge in [0, 0.05) is 16.5 Å². The van der Waals surface area contributed by atoms with E-state index in [1.807, 2.05) is 0 Å². The Bertz CT molecular complexity index is 888. The second-order valence-electron chi connectivity index (χ2n) is 6.05. The van der Waals surface area contributed by atoms with Crippen LogP contribution < -0.4 is 5.32 Å². The van der Waals surface area contributed by atoms with Gasteiger partial charge in [0.05, 0.1) is 12.7 Å². The van der Waals surface area contributed by atoms with Crippen molar-refractivity contribution in [2.75, 3.05) is 7.11 Å². The first-order chi connectivity index (χ1) is 13.5. The number of halogens is 5. The van der Waals surface area contributed by atoms with Gasteiger partial charge in [-0.3, -0.25) is 4.79 Å². The monoisotopic (exact) mass is 449 g/mol. The minimum absolute atomic E-state index is 0.0475. The highest BCUT2D eigenvalue weighted by Crippen LogP contribution is 2.30. The Hall–Kier alpha value is -2.29. The Balaban J connectivity index is 2.15. The minimum atomic E-state index is -4.54. The fraction of sp³-hybridized carbons (Fsp3) is 0.263. The molecule has 0 aliphatic heterocycles. The number of aliphatic hydroxyl groups excluding tert-OH is 1. The second-order valence-corrected chi connectivity index (χ2v) is 6.89. The number of hydrogen-bond donors (Lipinski definition) is 2. The Labute approximate surface area is 174 Å². The largest absolute Gasteiger partial charge is 0.467 e. The first-order valence-electron chi connectivity index (χ1n) is 8.20. The third-order valence-corrected chi connectivity index (χ3v) is 4.63. The Morgan fingerprint density at radius 1 is 1.14 bits per heavy atom. The number of benzene rings is 2. The summed E-state index contributed by atoms with van der Waals surface area (Å²) in [7, 11) is 1.12. The SMILES string of the molecule is COC(=O)[C@@H](Cc1ccc(Cl)cc1Cl)NC(=O)[C@@H](O)c1ccc(C(F)(F)F)cc1. The summed E-state index contributed by atoms with van der Waals surface area (Å²) in [5.41, 5.74) is -0.488. The van der Waals surface area contributed by atoms with Gasteiger partial charge >= 0.3 is 12.1 Å². The van der Waals surface area contributed by atoms with E-state index in [2.05, 4.69) is 10.1 Å². The lowest BCUT2D eigenvalue weighted by molar-refractivity contribution is -0.146. The average molecular weight is 450 g/mol. The zero-order chi connectivity index (χ0) is 21.8. The molecule has 2 aromatic carbocycles. The molecule has 0 bridgehead atoms. The van der Waals surface area contributed by atoms with Crippen molar-refractivity contribution in [3.8, 4) is 0 Å². The van der Waals surface area contributed by atoms with E-state index >= 15 is 0 Å². The molecule has 2 N–H and O–H groups in total. The van der Waals surface area contributed by atoms with Crippen LogP contribution in [0.1, 0.15) is 22.8 Å². The Morgan fingerprint density at radius 2 is 1.76 bits per heavy atom. The molecule has 1 amide bonds. The van der Waals surface area contributed by atoms with E-state index in [9.17, 15) is 27.9 Å². The highest BCUT2D eigenvalue weighted by Gasteiger charge is 2.31. The summed E-state index contributed by atoms with van der Waals surface area (Å²) in [6.45, 7) is 0. The first-order valence-corrected chi connectivity index (χ1v) is 8.96. The third-order valence-electron chi connectivity index (χ3n) is 4.04. The van der Waals surface area contributed by atoms with Crippen LogP contribution >= 0.6 is 23.2 Å². The van der Waals surface area contributed by atoms with Crippen molar-refractivity contribution in [2.45, 2.75) is 24.7 Å². The maximum atomic E-state index is 12.6. The molecule has 0 radical (unpaired) electrons. The smallest absolute Gasteiger partial charge is 0.416 e. The number of rotatable bonds is 6. The van der Waals surface area contributed by atoms with E-state index in [0.717, 1.165) is 31.4 Å². The number of ether oxygens (including phenoxy) is 1. The molecular weight excluding hydrogens is 434 g/mol. The summed E-state index contributed by atoms with van der Waals surface area (Å²) in [4.78, 5) is 24.4. The van der Waals surface area contributed by atoms with E-state index in [0.29, 0.717) is 10.6 Å². The predicted octanol–water partition coefficient (Wildman–Crippen LogP) is 3.95. The fourth-order valence-corrected chi connectivity index (χ4v) is 2.98. The molecule has 0 heterocycles. The number of esters is 1. The van der Waals surface area contributed by atoms with Crippen LogP contribution in [0, 0.1) is 0 Å². The second kappa shape index (κ2) is 9.47. The van der Waals surface area contributed by atoms with Gasteiger partial charge in [0.25, 0.3) is 5.91 Å². The molecule has 2 aromatic rings. The van der Waals surface area contributed by atoms with Crippen LogP contribution in [0.2, 0.25) is 10.0 Å². The molecule has 2 atom stereocenters. The number of hydrogen-bond acceptors (Lipinski definition) is 4. The minimum Gasteiger partial charge on any atom is -0.467 e. The van der Waals surface area contributed by atoms with Crippen LogP contribution in [0.5, 0.6) is 0 Å². The molecule has 0 aromatic heterocycles. The van der Waals surface area contributed by atoms with Gasteiger partial charge in [-0.05, 0) is 35.4 Å². The average Bonchev–Trinajstić information content (AvgIpc) is 2.67. The number of carbonyl (C=O) groups excluding carboxylic acids is 2. The molecular formula is C19H16Cl2F3NO4. The lowest BCUT2D eigenvalue weighted by atomic mass is 10.0. The van der Waals surface area contributed by atoms with Crippen molar-refractivity contribution in [3.05, 3.63) is 69.2 Å². The van der Waals surface area contributed by atoms with Crippen molar-refractivity contribution in [2.24, 2.45) is 0 Å². The zero-order valence-electron chi connectivity index (χ0n) is 15.0. The number of carbonyl (C=O) groups is 2. The molecule has 0 fully saturated rings. The number of nitrogens with one attached hydrogen (secondary N) is 1. The number of aliphatic hydroxyl groups is 1. The van der Waals surface area contributed by atoms with E-state index < -0.39 is 35.8 Å². The van der Waals surface area contributed by atoms with E-state index in [4.69, 9.17) is 23.2 Å². The summed E-state index contributed by atoms with van der Waals surface area (Å²) < 4.78 is 42.6. The van der Waals surface area contributed by atoms with Gasteiger partial charge < -0.3 is 15.2 Å². The summed E-state index contributed by atoms with van der Waals surface area (Å²) in [6, 6.07) is 6.86. The molecule has 10 heteroatoms. The van der Waals surface area contributed by atoms with Crippen LogP contribution in [-0.2, 0) is 26.9 Å². The maximum Gasteiger partial charge on any atom is 0.416 e. The van der Waals surface area contributed by atoms with Gasteiger partial charge in [-0.2, -0.15) is 13.2 Å². The molecule has 5 nitrogen and oxygen atoms in total. The summed E-state index contributed by atoms with van der Waals surface area (Å²) in [5.74, 6) is -1.77. The third kappa shape index (κ3) is 6.09. The molecule has 2 rings (SSSR count). The molecule has 0 spiro atoms.